The molecule has 0 nitrogen and oxygen atoms in total. The summed E-state index contributed by atoms with van der Waals surface area (Å²) in [4.78, 5) is 0. The van der Waals surface area contributed by atoms with Crippen molar-refractivity contribution in [2.75, 3.05) is 0 Å². The molecule has 0 saturated heterocycles. The maximum atomic E-state index is 3.06. The summed E-state index contributed by atoms with van der Waals surface area (Å²) in [6.07, 6.45) is 8.27. The summed E-state index contributed by atoms with van der Waals surface area (Å²) in [5.41, 5.74) is 2.47. The molecule has 61 valence electrons. The molecule has 0 spiro atoms. The first-order valence-electron chi connectivity index (χ1n) is 4.14. The van der Waals surface area contributed by atoms with Crippen molar-refractivity contribution < 1.29 is 0 Å². The highest BCUT2D eigenvalue weighted by Crippen LogP contribution is 2.11. The quantitative estimate of drug-likeness (QED) is 0.615. The second-order valence-electron chi connectivity index (χ2n) is 2.56. The zero-order chi connectivity index (χ0) is 8.81. The van der Waals surface area contributed by atoms with Gasteiger partial charge in [0.15, 0.2) is 0 Å². The average Bonchev–Trinajstić information content (AvgIpc) is 2.09. The van der Waals surface area contributed by atoms with Crippen molar-refractivity contribution in [3.8, 4) is 0 Å². The standard InChI is InChI=1S/C12H13/c1-3-7-11-9-5-6-10-12(11)8-4-2/h3-5,7-10H,1-2H3/b7-3-,8-4-. The molecular formula is C12H13. The van der Waals surface area contributed by atoms with Gasteiger partial charge >= 0.3 is 0 Å². The van der Waals surface area contributed by atoms with E-state index in [1.165, 1.54) is 11.1 Å². The summed E-state index contributed by atoms with van der Waals surface area (Å²) in [7, 11) is 0. The Morgan fingerprint density at radius 3 is 2.42 bits per heavy atom. The third-order valence-corrected chi connectivity index (χ3v) is 1.62. The van der Waals surface area contributed by atoms with Crippen LogP contribution in [0.15, 0.2) is 30.4 Å². The molecule has 0 heteroatoms. The Morgan fingerprint density at radius 1 is 1.08 bits per heavy atom. The zero-order valence-corrected chi connectivity index (χ0v) is 7.54. The van der Waals surface area contributed by atoms with Crippen LogP contribution in [0.1, 0.15) is 25.0 Å². The van der Waals surface area contributed by atoms with Gasteiger partial charge < -0.3 is 0 Å². The van der Waals surface area contributed by atoms with Crippen LogP contribution in [0.5, 0.6) is 0 Å². The predicted molar refractivity (Wildman–Crippen MR) is 54.7 cm³/mol. The molecule has 0 aromatic heterocycles. The van der Waals surface area contributed by atoms with Gasteiger partial charge in [0.05, 0.1) is 0 Å². The second kappa shape index (κ2) is 4.55. The van der Waals surface area contributed by atoms with Crippen molar-refractivity contribution in [3.63, 3.8) is 0 Å². The van der Waals surface area contributed by atoms with E-state index < -0.39 is 0 Å². The highest BCUT2D eigenvalue weighted by atomic mass is 14.0. The van der Waals surface area contributed by atoms with E-state index in [0.717, 1.165) is 0 Å². The minimum Gasteiger partial charge on any atom is -0.0870 e. The van der Waals surface area contributed by atoms with Gasteiger partial charge in [0.25, 0.3) is 0 Å². The molecular weight excluding hydrogens is 144 g/mol. The van der Waals surface area contributed by atoms with Crippen LogP contribution in [0.2, 0.25) is 0 Å². The molecule has 0 fully saturated rings. The molecule has 0 unspecified atom stereocenters. The van der Waals surface area contributed by atoms with Gasteiger partial charge in [0.2, 0.25) is 0 Å². The van der Waals surface area contributed by atoms with E-state index in [1.807, 2.05) is 38.1 Å². The predicted octanol–water partition coefficient (Wildman–Crippen LogP) is 3.55. The van der Waals surface area contributed by atoms with Gasteiger partial charge in [-0.2, -0.15) is 0 Å². The molecule has 1 radical (unpaired) electrons. The third kappa shape index (κ3) is 2.09. The van der Waals surface area contributed by atoms with Crippen molar-refractivity contribution in [2.45, 2.75) is 13.8 Å². The van der Waals surface area contributed by atoms with Gasteiger partial charge in [-0.25, -0.2) is 0 Å². The van der Waals surface area contributed by atoms with Gasteiger partial charge in [-0.15, -0.1) is 0 Å². The summed E-state index contributed by atoms with van der Waals surface area (Å²) >= 11 is 0. The largest absolute Gasteiger partial charge is 0.0870 e. The van der Waals surface area contributed by atoms with E-state index in [2.05, 4.69) is 24.3 Å². The normalized spacial score (nSPS) is 11.5. The molecule has 0 saturated carbocycles. The monoisotopic (exact) mass is 157 g/mol. The lowest BCUT2D eigenvalue weighted by atomic mass is 10.1. The molecule has 0 bridgehead atoms. The van der Waals surface area contributed by atoms with Crippen molar-refractivity contribution in [2.24, 2.45) is 0 Å². The van der Waals surface area contributed by atoms with Crippen LogP contribution in [-0.2, 0) is 0 Å². The molecule has 1 aromatic carbocycles. The molecule has 12 heavy (non-hydrogen) atoms. The number of hydrogen-bond acceptors (Lipinski definition) is 0. The molecule has 0 aliphatic heterocycles. The first-order chi connectivity index (χ1) is 5.88. The van der Waals surface area contributed by atoms with Crippen LogP contribution in [0, 0.1) is 6.07 Å². The maximum absolute atomic E-state index is 3.06. The lowest BCUT2D eigenvalue weighted by Gasteiger charge is -1.98. The fourth-order valence-electron chi connectivity index (χ4n) is 1.11. The maximum Gasteiger partial charge on any atom is -0.0177 e. The average molecular weight is 157 g/mol. The van der Waals surface area contributed by atoms with Crippen LogP contribution in [0.4, 0.5) is 0 Å². The van der Waals surface area contributed by atoms with Crippen LogP contribution in [-0.4, -0.2) is 0 Å². The van der Waals surface area contributed by atoms with Crippen LogP contribution in [0.25, 0.3) is 12.2 Å². The Bertz CT molecular complexity index is 262. The third-order valence-electron chi connectivity index (χ3n) is 1.62. The zero-order valence-electron chi connectivity index (χ0n) is 7.54. The lowest BCUT2D eigenvalue weighted by Crippen LogP contribution is -1.78. The Labute approximate surface area is 74.2 Å². The highest BCUT2D eigenvalue weighted by molar-refractivity contribution is 5.64. The van der Waals surface area contributed by atoms with E-state index in [4.69, 9.17) is 0 Å². The molecule has 0 aliphatic rings. The summed E-state index contributed by atoms with van der Waals surface area (Å²) < 4.78 is 0. The van der Waals surface area contributed by atoms with Crippen LogP contribution >= 0.6 is 0 Å². The summed E-state index contributed by atoms with van der Waals surface area (Å²) in [6.45, 7) is 4.04. The van der Waals surface area contributed by atoms with E-state index in [-0.39, 0.29) is 0 Å². The van der Waals surface area contributed by atoms with Crippen molar-refractivity contribution in [3.05, 3.63) is 47.5 Å². The molecule has 0 heterocycles. The van der Waals surface area contributed by atoms with Gasteiger partial charge in [0.1, 0.15) is 0 Å². The topological polar surface area (TPSA) is 0 Å². The van der Waals surface area contributed by atoms with Gasteiger partial charge in [-0.1, -0.05) is 36.4 Å². The first-order valence-corrected chi connectivity index (χ1v) is 4.14. The fourth-order valence-corrected chi connectivity index (χ4v) is 1.11. The number of hydrogen-bond donors (Lipinski definition) is 0. The smallest absolute Gasteiger partial charge is 0.0177 e. The fraction of sp³-hybridized carbons (Fsp3) is 0.167. The molecule has 1 rings (SSSR count). The Balaban J connectivity index is 3.08. The minimum atomic E-state index is 1.22. The molecule has 0 amide bonds. The molecule has 1 aromatic rings. The molecule has 0 N–H and O–H groups in total. The minimum absolute atomic E-state index is 1.22. The van der Waals surface area contributed by atoms with Crippen molar-refractivity contribution in [1.29, 1.82) is 0 Å². The Morgan fingerprint density at radius 2 is 1.75 bits per heavy atom. The van der Waals surface area contributed by atoms with Crippen molar-refractivity contribution >= 4 is 12.2 Å². The molecule has 0 atom stereocenters. The Kier molecular flexibility index (Phi) is 3.34. The first kappa shape index (κ1) is 8.79. The van der Waals surface area contributed by atoms with Gasteiger partial charge in [0, 0.05) is 0 Å². The van der Waals surface area contributed by atoms with E-state index >= 15 is 0 Å². The van der Waals surface area contributed by atoms with Crippen LogP contribution in [0.3, 0.4) is 0 Å². The number of rotatable bonds is 2. The summed E-state index contributed by atoms with van der Waals surface area (Å²) in [5, 5.41) is 0. The highest BCUT2D eigenvalue weighted by Gasteiger charge is 1.91. The second-order valence-corrected chi connectivity index (χ2v) is 2.56. The molecule has 0 aliphatic carbocycles. The van der Waals surface area contributed by atoms with Gasteiger partial charge in [-0.05, 0) is 37.1 Å². The van der Waals surface area contributed by atoms with Crippen molar-refractivity contribution in [1.82, 2.24) is 0 Å². The summed E-state index contributed by atoms with van der Waals surface area (Å²) in [5.74, 6) is 0. The van der Waals surface area contributed by atoms with Gasteiger partial charge in [-0.3, -0.25) is 0 Å². The number of benzene rings is 1. The van der Waals surface area contributed by atoms with E-state index in [0.29, 0.717) is 0 Å². The summed E-state index contributed by atoms with van der Waals surface area (Å²) in [6, 6.07) is 9.05. The van der Waals surface area contributed by atoms with Crippen LogP contribution < -0.4 is 0 Å². The van der Waals surface area contributed by atoms with E-state index in [9.17, 15) is 0 Å². The Hall–Kier alpha value is -1.30. The number of allylic oxidation sites excluding steroid dienone is 2. The lowest BCUT2D eigenvalue weighted by molar-refractivity contribution is 1.58. The van der Waals surface area contributed by atoms with E-state index in [1.54, 1.807) is 0 Å². The SMILES string of the molecule is C/C=C\c1c[c]ccc1/C=C\C.